The topological polar surface area (TPSA) is 41.9 Å². The molecule has 0 aliphatic carbocycles. The number of aliphatic imine (C=N–C) groups is 1. The maximum atomic E-state index is 14.1. The highest BCUT2D eigenvalue weighted by Gasteiger charge is 2.32. The largest absolute Gasteiger partial charge is 0.497 e. The third-order valence-electron chi connectivity index (χ3n) is 4.49. The summed E-state index contributed by atoms with van der Waals surface area (Å²) in [4.78, 5) is 19.0. The standard InChI is InChI=1S/C23H16F2N2O2/c1-29-19-12-10-18(11-13-19)27-22(15-6-8-17(24)9-7-15)26-21(23(27)28)14-16-4-2-3-5-20(16)25/h2-14H,1H3/b21-14+. The van der Waals surface area contributed by atoms with Crippen LogP contribution >= 0.6 is 0 Å². The summed E-state index contributed by atoms with van der Waals surface area (Å²) in [7, 11) is 1.55. The van der Waals surface area contributed by atoms with Crippen molar-refractivity contribution in [3.8, 4) is 5.75 Å². The summed E-state index contributed by atoms with van der Waals surface area (Å²) in [5.74, 6) is -0.269. The van der Waals surface area contributed by atoms with E-state index in [1.54, 1.807) is 61.7 Å². The highest BCUT2D eigenvalue weighted by molar-refractivity contribution is 6.33. The lowest BCUT2D eigenvalue weighted by Crippen LogP contribution is -2.32. The zero-order chi connectivity index (χ0) is 20.4. The first kappa shape index (κ1) is 18.6. The Morgan fingerprint density at radius 1 is 0.931 bits per heavy atom. The molecule has 0 unspecified atom stereocenters. The second-order valence-corrected chi connectivity index (χ2v) is 6.33. The van der Waals surface area contributed by atoms with Gasteiger partial charge in [0.15, 0.2) is 0 Å². The van der Waals surface area contributed by atoms with Crippen molar-refractivity contribution >= 4 is 23.5 Å². The van der Waals surface area contributed by atoms with E-state index < -0.39 is 17.5 Å². The maximum Gasteiger partial charge on any atom is 0.282 e. The molecule has 1 heterocycles. The zero-order valence-corrected chi connectivity index (χ0v) is 15.5. The zero-order valence-electron chi connectivity index (χ0n) is 15.5. The van der Waals surface area contributed by atoms with E-state index in [1.807, 2.05) is 0 Å². The van der Waals surface area contributed by atoms with Crippen molar-refractivity contribution in [3.05, 3.63) is 101 Å². The first-order chi connectivity index (χ1) is 14.1. The highest BCUT2D eigenvalue weighted by Crippen LogP contribution is 2.29. The molecule has 1 aliphatic heterocycles. The molecule has 0 fully saturated rings. The Labute approximate surface area is 166 Å². The third-order valence-corrected chi connectivity index (χ3v) is 4.49. The molecule has 0 bridgehead atoms. The van der Waals surface area contributed by atoms with Gasteiger partial charge in [-0.05, 0) is 60.7 Å². The molecular weight excluding hydrogens is 374 g/mol. The Morgan fingerprint density at radius 3 is 2.28 bits per heavy atom. The summed E-state index contributed by atoms with van der Waals surface area (Å²) in [5, 5.41) is 0. The Balaban J connectivity index is 1.82. The average molecular weight is 390 g/mol. The van der Waals surface area contributed by atoms with Crippen LogP contribution in [0.5, 0.6) is 5.75 Å². The van der Waals surface area contributed by atoms with Crippen LogP contribution in [-0.2, 0) is 4.79 Å². The maximum absolute atomic E-state index is 14.1. The van der Waals surface area contributed by atoms with E-state index in [0.717, 1.165) is 0 Å². The number of halogens is 2. The summed E-state index contributed by atoms with van der Waals surface area (Å²) < 4.78 is 32.6. The number of rotatable bonds is 4. The number of hydrogen-bond acceptors (Lipinski definition) is 3. The van der Waals surface area contributed by atoms with Crippen molar-refractivity contribution in [2.24, 2.45) is 4.99 Å². The number of amidine groups is 1. The lowest BCUT2D eigenvalue weighted by atomic mass is 10.1. The quantitative estimate of drug-likeness (QED) is 0.600. The van der Waals surface area contributed by atoms with E-state index in [4.69, 9.17) is 4.74 Å². The number of ether oxygens (including phenoxy) is 1. The minimum absolute atomic E-state index is 0.0882. The molecular formula is C23H16F2N2O2. The molecule has 0 radical (unpaired) electrons. The molecule has 0 spiro atoms. The van der Waals surface area contributed by atoms with Crippen LogP contribution in [0.3, 0.4) is 0 Å². The molecule has 4 nitrogen and oxygen atoms in total. The van der Waals surface area contributed by atoms with Crippen LogP contribution in [-0.4, -0.2) is 18.9 Å². The molecule has 0 atom stereocenters. The van der Waals surface area contributed by atoms with Crippen LogP contribution in [0.2, 0.25) is 0 Å². The molecule has 0 saturated carbocycles. The number of amides is 1. The minimum atomic E-state index is -0.450. The first-order valence-corrected chi connectivity index (χ1v) is 8.86. The Hall–Kier alpha value is -3.80. The van der Waals surface area contributed by atoms with Crippen LogP contribution in [0.15, 0.2) is 83.5 Å². The van der Waals surface area contributed by atoms with Gasteiger partial charge in [-0.1, -0.05) is 18.2 Å². The SMILES string of the molecule is COc1ccc(N2C(=O)/C(=C\c3ccccc3F)N=C2c2ccc(F)cc2)cc1. The molecule has 0 saturated heterocycles. The van der Waals surface area contributed by atoms with Gasteiger partial charge in [-0.15, -0.1) is 0 Å². The second-order valence-electron chi connectivity index (χ2n) is 6.33. The first-order valence-electron chi connectivity index (χ1n) is 8.86. The molecule has 1 amide bonds. The number of benzene rings is 3. The number of carbonyl (C=O) groups excluding carboxylic acids is 1. The summed E-state index contributed by atoms with van der Waals surface area (Å²) in [6.07, 6.45) is 1.41. The number of anilines is 1. The fourth-order valence-electron chi connectivity index (χ4n) is 3.02. The molecule has 1 aliphatic rings. The van der Waals surface area contributed by atoms with Crippen molar-refractivity contribution in [2.45, 2.75) is 0 Å². The summed E-state index contributed by atoms with van der Waals surface area (Å²) in [6.45, 7) is 0. The van der Waals surface area contributed by atoms with Crippen molar-refractivity contribution in [2.75, 3.05) is 12.0 Å². The van der Waals surface area contributed by atoms with Crippen molar-refractivity contribution in [3.63, 3.8) is 0 Å². The molecule has 29 heavy (non-hydrogen) atoms. The molecule has 3 aromatic carbocycles. The lowest BCUT2D eigenvalue weighted by molar-refractivity contribution is -0.113. The predicted molar refractivity (Wildman–Crippen MR) is 108 cm³/mol. The Bertz CT molecular complexity index is 1120. The summed E-state index contributed by atoms with van der Waals surface area (Å²) in [5.41, 5.74) is 1.48. The number of hydrogen-bond donors (Lipinski definition) is 0. The fourth-order valence-corrected chi connectivity index (χ4v) is 3.02. The molecule has 3 aromatic rings. The molecule has 6 heteroatoms. The van der Waals surface area contributed by atoms with Crippen molar-refractivity contribution < 1.29 is 18.3 Å². The molecule has 4 rings (SSSR count). The lowest BCUT2D eigenvalue weighted by Gasteiger charge is -2.19. The van der Waals surface area contributed by atoms with Crippen LogP contribution in [0.4, 0.5) is 14.5 Å². The molecule has 144 valence electrons. The van der Waals surface area contributed by atoms with Crippen molar-refractivity contribution in [1.82, 2.24) is 0 Å². The van der Waals surface area contributed by atoms with Gasteiger partial charge in [0.1, 0.15) is 28.9 Å². The van der Waals surface area contributed by atoms with Gasteiger partial charge in [-0.25, -0.2) is 13.8 Å². The molecule has 0 N–H and O–H groups in total. The van der Waals surface area contributed by atoms with Gasteiger partial charge in [-0.2, -0.15) is 0 Å². The van der Waals surface area contributed by atoms with Gasteiger partial charge in [0.05, 0.1) is 12.8 Å². The van der Waals surface area contributed by atoms with Gasteiger partial charge in [0.25, 0.3) is 5.91 Å². The summed E-state index contributed by atoms with van der Waals surface area (Å²) in [6, 6.07) is 18.7. The second kappa shape index (κ2) is 7.67. The van der Waals surface area contributed by atoms with Gasteiger partial charge >= 0.3 is 0 Å². The summed E-state index contributed by atoms with van der Waals surface area (Å²) >= 11 is 0. The van der Waals surface area contributed by atoms with Gasteiger partial charge in [0, 0.05) is 11.1 Å². The van der Waals surface area contributed by atoms with Crippen LogP contribution < -0.4 is 9.64 Å². The number of carbonyl (C=O) groups is 1. The van der Waals surface area contributed by atoms with Gasteiger partial charge in [-0.3, -0.25) is 9.69 Å². The van der Waals surface area contributed by atoms with Crippen LogP contribution in [0, 0.1) is 11.6 Å². The fraction of sp³-hybridized carbons (Fsp3) is 0.0435. The van der Waals surface area contributed by atoms with E-state index >= 15 is 0 Å². The smallest absolute Gasteiger partial charge is 0.282 e. The Kier molecular flexibility index (Phi) is 4.91. The van der Waals surface area contributed by atoms with E-state index in [-0.39, 0.29) is 11.3 Å². The number of nitrogens with zero attached hydrogens (tertiary/aromatic N) is 2. The van der Waals surface area contributed by atoms with E-state index in [0.29, 0.717) is 22.8 Å². The van der Waals surface area contributed by atoms with Gasteiger partial charge in [0.2, 0.25) is 0 Å². The predicted octanol–water partition coefficient (Wildman–Crippen LogP) is 4.81. The van der Waals surface area contributed by atoms with Crippen LogP contribution in [0.1, 0.15) is 11.1 Å². The average Bonchev–Trinajstić information content (AvgIpc) is 3.06. The normalized spacial score (nSPS) is 15.0. The van der Waals surface area contributed by atoms with E-state index in [2.05, 4.69) is 4.99 Å². The van der Waals surface area contributed by atoms with Gasteiger partial charge < -0.3 is 4.74 Å². The van der Waals surface area contributed by atoms with E-state index in [9.17, 15) is 13.6 Å². The Morgan fingerprint density at radius 2 is 1.62 bits per heavy atom. The third kappa shape index (κ3) is 3.65. The van der Waals surface area contributed by atoms with E-state index in [1.165, 1.54) is 29.2 Å². The molecule has 0 aromatic heterocycles. The van der Waals surface area contributed by atoms with Crippen molar-refractivity contribution in [1.29, 1.82) is 0 Å². The highest BCUT2D eigenvalue weighted by atomic mass is 19.1. The monoisotopic (exact) mass is 390 g/mol. The van der Waals surface area contributed by atoms with Crippen LogP contribution in [0.25, 0.3) is 6.08 Å². The minimum Gasteiger partial charge on any atom is -0.497 e. The number of methoxy groups -OCH3 is 1.